The minimum atomic E-state index is 0.635. The first-order valence-corrected chi connectivity index (χ1v) is 4.87. The third-order valence-corrected chi connectivity index (χ3v) is 3.12. The molecule has 0 amide bonds. The van der Waals surface area contributed by atoms with Gasteiger partial charge >= 0.3 is 0 Å². The Morgan fingerprint density at radius 1 is 0.846 bits per heavy atom. The molecule has 0 bridgehead atoms. The van der Waals surface area contributed by atoms with Crippen LogP contribution in [0.1, 0.15) is 0 Å². The summed E-state index contributed by atoms with van der Waals surface area (Å²) < 4.78 is 0. The van der Waals surface area contributed by atoms with Crippen molar-refractivity contribution in [1.29, 1.82) is 0 Å². The highest BCUT2D eigenvalue weighted by Gasteiger charge is 2.32. The number of allylic oxidation sites excluding steroid dienone is 10. The van der Waals surface area contributed by atoms with Crippen LogP contribution >= 0.6 is 0 Å². The van der Waals surface area contributed by atoms with Crippen LogP contribution in [-0.4, -0.2) is 0 Å². The summed E-state index contributed by atoms with van der Waals surface area (Å²) in [6.07, 6.45) is 20.2. The van der Waals surface area contributed by atoms with Crippen molar-refractivity contribution in [1.82, 2.24) is 0 Å². The highest BCUT2D eigenvalue weighted by atomic mass is 14.4. The fourth-order valence-electron chi connectivity index (χ4n) is 2.48. The first-order valence-electron chi connectivity index (χ1n) is 4.87. The lowest BCUT2D eigenvalue weighted by atomic mass is 9.82. The molecule has 3 unspecified atom stereocenters. The van der Waals surface area contributed by atoms with Gasteiger partial charge in [0.1, 0.15) is 0 Å². The molecule has 3 atom stereocenters. The van der Waals surface area contributed by atoms with E-state index in [1.54, 1.807) is 0 Å². The summed E-state index contributed by atoms with van der Waals surface area (Å²) in [4.78, 5) is 0. The fourth-order valence-corrected chi connectivity index (χ4v) is 2.48. The van der Waals surface area contributed by atoms with E-state index in [0.717, 1.165) is 0 Å². The van der Waals surface area contributed by atoms with Crippen molar-refractivity contribution in [3.05, 3.63) is 60.3 Å². The normalized spacial score (nSPS) is 38.8. The van der Waals surface area contributed by atoms with Gasteiger partial charge in [-0.1, -0.05) is 54.7 Å². The summed E-state index contributed by atoms with van der Waals surface area (Å²) in [7, 11) is 0. The molecular weight excluding hydrogens is 156 g/mol. The lowest BCUT2D eigenvalue weighted by Gasteiger charge is -2.21. The zero-order chi connectivity index (χ0) is 8.67. The van der Waals surface area contributed by atoms with Gasteiger partial charge in [0.15, 0.2) is 0 Å². The maximum absolute atomic E-state index is 2.40. The molecular formula is C13H12. The predicted molar refractivity (Wildman–Crippen MR) is 55.1 cm³/mol. The summed E-state index contributed by atoms with van der Waals surface area (Å²) in [5.41, 5.74) is 1.49. The second kappa shape index (κ2) is 2.59. The predicted octanol–water partition coefficient (Wildman–Crippen LogP) is 3.03. The smallest absolute Gasteiger partial charge is 0.00897 e. The van der Waals surface area contributed by atoms with Crippen molar-refractivity contribution in [2.45, 2.75) is 0 Å². The van der Waals surface area contributed by atoms with E-state index in [9.17, 15) is 0 Å². The monoisotopic (exact) mass is 168 g/mol. The second-order valence-electron chi connectivity index (χ2n) is 3.86. The maximum atomic E-state index is 2.40. The van der Waals surface area contributed by atoms with Gasteiger partial charge in [0, 0.05) is 11.8 Å². The van der Waals surface area contributed by atoms with Crippen LogP contribution in [0.25, 0.3) is 0 Å². The molecule has 0 aromatic rings. The molecule has 3 rings (SSSR count). The molecule has 0 heteroatoms. The van der Waals surface area contributed by atoms with E-state index in [0.29, 0.717) is 17.8 Å². The van der Waals surface area contributed by atoms with Gasteiger partial charge in [-0.25, -0.2) is 0 Å². The van der Waals surface area contributed by atoms with Crippen molar-refractivity contribution in [2.24, 2.45) is 17.8 Å². The lowest BCUT2D eigenvalue weighted by Crippen LogP contribution is -2.14. The molecule has 3 aliphatic rings. The van der Waals surface area contributed by atoms with Gasteiger partial charge in [0.2, 0.25) is 0 Å². The Labute approximate surface area is 78.7 Å². The molecule has 0 aromatic carbocycles. The van der Waals surface area contributed by atoms with E-state index >= 15 is 0 Å². The summed E-state index contributed by atoms with van der Waals surface area (Å²) in [5.74, 6) is 1.95. The van der Waals surface area contributed by atoms with Crippen LogP contribution in [0.4, 0.5) is 0 Å². The molecule has 0 aromatic heterocycles. The van der Waals surface area contributed by atoms with Gasteiger partial charge in [-0.3, -0.25) is 0 Å². The molecule has 0 radical (unpaired) electrons. The highest BCUT2D eigenvalue weighted by molar-refractivity contribution is 5.42. The van der Waals surface area contributed by atoms with E-state index in [-0.39, 0.29) is 0 Å². The molecule has 0 saturated heterocycles. The van der Waals surface area contributed by atoms with Crippen molar-refractivity contribution >= 4 is 0 Å². The molecule has 64 valence electrons. The van der Waals surface area contributed by atoms with Gasteiger partial charge in [-0.2, -0.15) is 0 Å². The Hall–Kier alpha value is -1.30. The molecule has 0 N–H and O–H groups in total. The molecule has 0 fully saturated rings. The number of hydrogen-bond acceptors (Lipinski definition) is 0. The third kappa shape index (κ3) is 0.983. The minimum absolute atomic E-state index is 0.635. The van der Waals surface area contributed by atoms with E-state index in [1.165, 1.54) is 5.57 Å². The van der Waals surface area contributed by atoms with Gasteiger partial charge < -0.3 is 0 Å². The second-order valence-corrected chi connectivity index (χ2v) is 3.86. The average Bonchev–Trinajstić information content (AvgIpc) is 2.56. The quantitative estimate of drug-likeness (QED) is 0.521. The zero-order valence-corrected chi connectivity index (χ0v) is 7.43. The maximum Gasteiger partial charge on any atom is 0.00897 e. The first-order chi connectivity index (χ1) is 6.45. The number of hydrogen-bond donors (Lipinski definition) is 0. The van der Waals surface area contributed by atoms with Gasteiger partial charge in [-0.05, 0) is 11.5 Å². The Morgan fingerprint density at radius 2 is 1.69 bits per heavy atom. The molecule has 0 aliphatic heterocycles. The van der Waals surface area contributed by atoms with Crippen LogP contribution in [0.5, 0.6) is 0 Å². The standard InChI is InChI=1S/C13H12/c1-3-7-12-10(5-1)9-11-6-2-4-8-13(11)12/h1-10,12-13H. The van der Waals surface area contributed by atoms with Crippen LogP contribution in [0, 0.1) is 17.8 Å². The van der Waals surface area contributed by atoms with E-state index < -0.39 is 0 Å². The molecule has 0 spiro atoms. The van der Waals surface area contributed by atoms with Crippen LogP contribution in [-0.2, 0) is 0 Å². The minimum Gasteiger partial charge on any atom is -0.0796 e. The summed E-state index contributed by atoms with van der Waals surface area (Å²) in [5, 5.41) is 0. The van der Waals surface area contributed by atoms with Crippen molar-refractivity contribution in [3.8, 4) is 0 Å². The van der Waals surface area contributed by atoms with Crippen molar-refractivity contribution in [2.75, 3.05) is 0 Å². The Kier molecular flexibility index (Phi) is 1.42. The Bertz CT molecular complexity index is 363. The Balaban J connectivity index is 2.03. The van der Waals surface area contributed by atoms with Gasteiger partial charge in [0.25, 0.3) is 0 Å². The first kappa shape index (κ1) is 7.14. The van der Waals surface area contributed by atoms with Gasteiger partial charge in [-0.15, -0.1) is 0 Å². The lowest BCUT2D eigenvalue weighted by molar-refractivity contribution is 0.509. The van der Waals surface area contributed by atoms with Crippen LogP contribution in [0.3, 0.4) is 0 Å². The molecule has 13 heavy (non-hydrogen) atoms. The summed E-state index contributed by atoms with van der Waals surface area (Å²) in [6.45, 7) is 0. The topological polar surface area (TPSA) is 0 Å². The highest BCUT2D eigenvalue weighted by Crippen LogP contribution is 2.42. The molecule has 0 nitrogen and oxygen atoms in total. The number of fused-ring (bicyclic) bond motifs is 3. The molecule has 0 saturated carbocycles. The zero-order valence-electron chi connectivity index (χ0n) is 7.43. The van der Waals surface area contributed by atoms with Crippen molar-refractivity contribution < 1.29 is 0 Å². The summed E-state index contributed by atoms with van der Waals surface area (Å²) >= 11 is 0. The van der Waals surface area contributed by atoms with Gasteiger partial charge in [0.05, 0.1) is 0 Å². The van der Waals surface area contributed by atoms with Crippen LogP contribution in [0.2, 0.25) is 0 Å². The SMILES string of the molecule is C1=CC2=CC3C=CC=CC3C2C=C1. The molecule has 0 heterocycles. The molecule has 3 aliphatic carbocycles. The fraction of sp³-hybridized carbons (Fsp3) is 0.231. The van der Waals surface area contributed by atoms with Crippen molar-refractivity contribution in [3.63, 3.8) is 0 Å². The summed E-state index contributed by atoms with van der Waals surface area (Å²) in [6, 6.07) is 0. The van der Waals surface area contributed by atoms with E-state index in [2.05, 4.69) is 54.7 Å². The van der Waals surface area contributed by atoms with Crippen LogP contribution < -0.4 is 0 Å². The largest absolute Gasteiger partial charge is 0.0796 e. The number of rotatable bonds is 0. The van der Waals surface area contributed by atoms with E-state index in [1.807, 2.05) is 0 Å². The van der Waals surface area contributed by atoms with E-state index in [4.69, 9.17) is 0 Å². The third-order valence-electron chi connectivity index (χ3n) is 3.12. The van der Waals surface area contributed by atoms with Crippen LogP contribution in [0.15, 0.2) is 60.3 Å². The average molecular weight is 168 g/mol. The Morgan fingerprint density at radius 3 is 2.69 bits per heavy atom.